The number of ether oxygens (including phenoxy) is 2. The zero-order chi connectivity index (χ0) is 15.6. The number of rotatable bonds is 4. The fourth-order valence-corrected chi connectivity index (χ4v) is 2.05. The van der Waals surface area contributed by atoms with Crippen molar-refractivity contribution in [1.29, 1.82) is 0 Å². The summed E-state index contributed by atoms with van der Waals surface area (Å²) in [6, 6.07) is 5.41. The van der Waals surface area contributed by atoms with Gasteiger partial charge in [-0.15, -0.1) is 0 Å². The Balaban J connectivity index is 2.21. The molecule has 1 fully saturated rings. The van der Waals surface area contributed by atoms with E-state index < -0.39 is 42.2 Å². The van der Waals surface area contributed by atoms with Gasteiger partial charge in [0.25, 0.3) is 0 Å². The monoisotopic (exact) mass is 301 g/mol. The molecule has 1 aliphatic rings. The zero-order valence-electron chi connectivity index (χ0n) is 10.8. The van der Waals surface area contributed by atoms with Gasteiger partial charge in [0.1, 0.15) is 18.3 Å². The Hall–Kier alpha value is -1.78. The molecule has 0 aliphatic carbocycles. The largest absolute Gasteiger partial charge is 0.475 e. The van der Waals surface area contributed by atoms with E-state index in [1.54, 1.807) is 0 Å². The minimum absolute atomic E-state index is 0.177. The number of benzene rings is 1. The highest BCUT2D eigenvalue weighted by Crippen LogP contribution is 2.30. The molecule has 0 radical (unpaired) electrons. The molecule has 0 unspecified atom stereocenters. The summed E-state index contributed by atoms with van der Waals surface area (Å²) in [5.41, 5.74) is -0.351. The van der Waals surface area contributed by atoms with Crippen molar-refractivity contribution in [1.82, 2.24) is 0 Å². The Morgan fingerprint density at radius 3 is 2.52 bits per heavy atom. The molecule has 2 rings (SSSR count). The van der Waals surface area contributed by atoms with Crippen molar-refractivity contribution < 1.29 is 34.8 Å². The molecule has 5 atom stereocenters. The van der Waals surface area contributed by atoms with E-state index >= 15 is 0 Å². The van der Waals surface area contributed by atoms with Crippen LogP contribution in [0.25, 0.3) is 0 Å². The van der Waals surface area contributed by atoms with Gasteiger partial charge in [-0.05, 0) is 6.07 Å². The average molecular weight is 301 g/mol. The summed E-state index contributed by atoms with van der Waals surface area (Å²) >= 11 is 0. The second kappa shape index (κ2) is 6.33. The molecule has 0 saturated carbocycles. The Morgan fingerprint density at radius 1 is 1.24 bits per heavy atom. The number of para-hydroxylation sites is 2. The maximum Gasteiger partial charge on any atom is 0.310 e. The van der Waals surface area contributed by atoms with Crippen molar-refractivity contribution in [3.05, 3.63) is 34.4 Å². The molecule has 116 valence electrons. The lowest BCUT2D eigenvalue weighted by Gasteiger charge is -2.39. The normalized spacial score (nSPS) is 32.7. The first kappa shape index (κ1) is 15.6. The lowest BCUT2D eigenvalue weighted by molar-refractivity contribution is -0.386. The van der Waals surface area contributed by atoms with Gasteiger partial charge in [0.05, 0.1) is 11.5 Å². The first-order valence-electron chi connectivity index (χ1n) is 6.16. The summed E-state index contributed by atoms with van der Waals surface area (Å²) < 4.78 is 10.1. The van der Waals surface area contributed by atoms with E-state index in [4.69, 9.17) is 14.6 Å². The van der Waals surface area contributed by atoms with Gasteiger partial charge in [-0.3, -0.25) is 10.1 Å². The average Bonchev–Trinajstić information content (AvgIpc) is 2.47. The highest BCUT2D eigenvalue weighted by molar-refractivity contribution is 5.45. The number of nitro groups is 1. The van der Waals surface area contributed by atoms with Crippen LogP contribution in [-0.2, 0) is 4.74 Å². The third-order valence-corrected chi connectivity index (χ3v) is 3.17. The topological polar surface area (TPSA) is 143 Å². The van der Waals surface area contributed by atoms with Crippen LogP contribution in [0.3, 0.4) is 0 Å². The van der Waals surface area contributed by atoms with Crippen LogP contribution in [0.1, 0.15) is 0 Å². The van der Waals surface area contributed by atoms with Crippen LogP contribution in [0.15, 0.2) is 24.3 Å². The van der Waals surface area contributed by atoms with Gasteiger partial charge < -0.3 is 29.9 Å². The molecule has 1 aliphatic heterocycles. The Bertz CT molecular complexity index is 510. The Morgan fingerprint density at radius 2 is 1.90 bits per heavy atom. The number of nitrogens with zero attached hydrogens (tertiary/aromatic N) is 1. The molecule has 21 heavy (non-hydrogen) atoms. The first-order valence-corrected chi connectivity index (χ1v) is 6.16. The van der Waals surface area contributed by atoms with E-state index in [1.165, 1.54) is 24.3 Å². The van der Waals surface area contributed by atoms with Crippen LogP contribution in [0.5, 0.6) is 5.75 Å². The number of hydrogen-bond acceptors (Lipinski definition) is 8. The lowest BCUT2D eigenvalue weighted by Crippen LogP contribution is -2.60. The first-order chi connectivity index (χ1) is 9.95. The van der Waals surface area contributed by atoms with Crippen LogP contribution in [-0.4, -0.2) is 62.7 Å². The number of aliphatic hydroxyl groups excluding tert-OH is 4. The fourth-order valence-electron chi connectivity index (χ4n) is 2.05. The molecule has 0 amide bonds. The van der Waals surface area contributed by atoms with Crippen LogP contribution in [0.4, 0.5) is 5.69 Å². The van der Waals surface area contributed by atoms with Gasteiger partial charge >= 0.3 is 5.69 Å². The lowest BCUT2D eigenvalue weighted by atomic mass is 9.99. The van der Waals surface area contributed by atoms with Gasteiger partial charge in [0, 0.05) is 6.07 Å². The van der Waals surface area contributed by atoms with Gasteiger partial charge in [0.2, 0.25) is 0 Å². The molecule has 0 bridgehead atoms. The molecule has 0 spiro atoms. The molecule has 1 heterocycles. The van der Waals surface area contributed by atoms with Crippen molar-refractivity contribution in [2.45, 2.75) is 30.7 Å². The highest BCUT2D eigenvalue weighted by atomic mass is 16.7. The van der Waals surface area contributed by atoms with E-state index in [0.29, 0.717) is 0 Å². The summed E-state index contributed by atoms with van der Waals surface area (Å²) in [6.07, 6.45) is -7.32. The third kappa shape index (κ3) is 3.12. The van der Waals surface area contributed by atoms with Crippen molar-refractivity contribution in [2.75, 3.05) is 6.61 Å². The van der Waals surface area contributed by atoms with E-state index in [1.807, 2.05) is 0 Å². The standard InChI is InChI=1S/C12H15NO8/c14-5-8-9(15)10(16)11(12(17)21-8)20-7-4-2-1-3-6(7)13(18)19/h1-4,8-12,14-17H,5H2/t8-,9-,10+,11-,12-/m1/s1. The van der Waals surface area contributed by atoms with Crippen LogP contribution >= 0.6 is 0 Å². The smallest absolute Gasteiger partial charge is 0.310 e. The van der Waals surface area contributed by atoms with Crippen LogP contribution in [0.2, 0.25) is 0 Å². The van der Waals surface area contributed by atoms with E-state index in [-0.39, 0.29) is 11.4 Å². The molecule has 1 saturated heterocycles. The third-order valence-electron chi connectivity index (χ3n) is 3.17. The molecule has 9 heteroatoms. The maximum absolute atomic E-state index is 10.9. The predicted molar refractivity (Wildman–Crippen MR) is 67.5 cm³/mol. The van der Waals surface area contributed by atoms with Gasteiger partial charge in [-0.1, -0.05) is 12.1 Å². The molecular weight excluding hydrogens is 286 g/mol. The van der Waals surface area contributed by atoms with Gasteiger partial charge in [-0.25, -0.2) is 0 Å². The quantitative estimate of drug-likeness (QED) is 0.400. The minimum atomic E-state index is -1.65. The van der Waals surface area contributed by atoms with Crippen molar-refractivity contribution >= 4 is 5.69 Å². The van der Waals surface area contributed by atoms with E-state index in [9.17, 15) is 25.4 Å². The molecular formula is C12H15NO8. The SMILES string of the molecule is O=[N+]([O-])c1ccccc1O[C@@H]1[C@@H](O)[C@H](O)[C@@H](CO)O[C@H]1O. The summed E-state index contributed by atoms with van der Waals surface area (Å²) in [4.78, 5) is 10.2. The molecule has 0 aromatic heterocycles. The predicted octanol–water partition coefficient (Wildman–Crippen LogP) is -1.23. The Labute approximate surface area is 119 Å². The van der Waals surface area contributed by atoms with Crippen molar-refractivity contribution in [3.8, 4) is 5.75 Å². The summed E-state index contributed by atoms with van der Waals surface area (Å²) in [5, 5.41) is 49.2. The van der Waals surface area contributed by atoms with Gasteiger partial charge in [-0.2, -0.15) is 0 Å². The maximum atomic E-state index is 10.9. The Kier molecular flexibility index (Phi) is 4.70. The number of aliphatic hydroxyl groups is 4. The highest BCUT2D eigenvalue weighted by Gasteiger charge is 2.45. The summed E-state index contributed by atoms with van der Waals surface area (Å²) in [5.74, 6) is -0.177. The molecule has 4 N–H and O–H groups in total. The molecule has 9 nitrogen and oxygen atoms in total. The van der Waals surface area contributed by atoms with Gasteiger partial charge in [0.15, 0.2) is 18.1 Å². The van der Waals surface area contributed by atoms with Crippen LogP contribution < -0.4 is 4.74 Å². The minimum Gasteiger partial charge on any atom is -0.475 e. The van der Waals surface area contributed by atoms with Crippen LogP contribution in [0, 0.1) is 10.1 Å². The van der Waals surface area contributed by atoms with E-state index in [0.717, 1.165) is 0 Å². The second-order valence-corrected chi connectivity index (χ2v) is 4.54. The number of hydrogen-bond donors (Lipinski definition) is 4. The van der Waals surface area contributed by atoms with Crippen molar-refractivity contribution in [3.63, 3.8) is 0 Å². The fraction of sp³-hybridized carbons (Fsp3) is 0.500. The van der Waals surface area contributed by atoms with E-state index in [2.05, 4.69) is 0 Å². The molecule has 1 aromatic carbocycles. The number of nitro benzene ring substituents is 1. The zero-order valence-corrected chi connectivity index (χ0v) is 10.8. The molecule has 1 aromatic rings. The van der Waals surface area contributed by atoms with Crippen molar-refractivity contribution in [2.24, 2.45) is 0 Å². The second-order valence-electron chi connectivity index (χ2n) is 4.54. The summed E-state index contributed by atoms with van der Waals surface area (Å²) in [6.45, 7) is -0.604. The summed E-state index contributed by atoms with van der Waals surface area (Å²) in [7, 11) is 0.